The molecule has 1 atom stereocenters. The van der Waals surface area contributed by atoms with Gasteiger partial charge in [-0.05, 0) is 55.4 Å². The van der Waals surface area contributed by atoms with Gasteiger partial charge in [-0.15, -0.1) is 0 Å². The van der Waals surface area contributed by atoms with Crippen molar-refractivity contribution in [2.75, 3.05) is 0 Å². The molecule has 126 valence electrons. The van der Waals surface area contributed by atoms with Crippen LogP contribution in [0, 0.1) is 17.2 Å². The average Bonchev–Trinajstić information content (AvgIpc) is 3.29. The number of hydrogen-bond donors (Lipinski definition) is 1. The number of amides is 1. The van der Waals surface area contributed by atoms with Crippen molar-refractivity contribution in [3.63, 3.8) is 0 Å². The molecule has 0 bridgehead atoms. The van der Waals surface area contributed by atoms with Gasteiger partial charge in [-0.25, -0.2) is 9.07 Å². The van der Waals surface area contributed by atoms with Gasteiger partial charge in [-0.2, -0.15) is 5.10 Å². The summed E-state index contributed by atoms with van der Waals surface area (Å²) < 4.78 is 15.1. The maximum absolute atomic E-state index is 13.2. The number of halogens is 1. The Kier molecular flexibility index (Phi) is 3.48. The van der Waals surface area contributed by atoms with E-state index in [2.05, 4.69) is 24.3 Å². The summed E-state index contributed by atoms with van der Waals surface area (Å²) in [6.45, 7) is 4.43. The number of nitrogens with one attached hydrogen (secondary N) is 1. The summed E-state index contributed by atoms with van der Waals surface area (Å²) in [4.78, 5) is 12.2. The van der Waals surface area contributed by atoms with Crippen LogP contribution in [0.15, 0.2) is 30.5 Å². The zero-order valence-electron chi connectivity index (χ0n) is 14.1. The maximum Gasteiger partial charge on any atom is 0.223 e. The first-order chi connectivity index (χ1) is 11.4. The molecule has 1 aromatic carbocycles. The first kappa shape index (κ1) is 15.4. The molecule has 0 spiro atoms. The molecule has 4 rings (SSSR count). The minimum atomic E-state index is -0.255. The average molecular weight is 327 g/mol. The van der Waals surface area contributed by atoms with E-state index in [1.165, 1.54) is 12.1 Å². The molecule has 1 saturated carbocycles. The van der Waals surface area contributed by atoms with E-state index in [0.29, 0.717) is 0 Å². The van der Waals surface area contributed by atoms with E-state index in [1.807, 2.05) is 10.9 Å². The van der Waals surface area contributed by atoms with Gasteiger partial charge in [-0.1, -0.05) is 13.8 Å². The predicted octanol–water partition coefficient (Wildman–Crippen LogP) is 3.55. The Balaban J connectivity index is 1.70. The van der Waals surface area contributed by atoms with Gasteiger partial charge in [0.25, 0.3) is 0 Å². The number of benzene rings is 1. The second kappa shape index (κ2) is 5.43. The molecule has 24 heavy (non-hydrogen) atoms. The summed E-state index contributed by atoms with van der Waals surface area (Å²) in [5.41, 5.74) is 3.13. The summed E-state index contributed by atoms with van der Waals surface area (Å²) >= 11 is 0. The van der Waals surface area contributed by atoms with Crippen molar-refractivity contribution in [1.82, 2.24) is 15.1 Å². The largest absolute Gasteiger partial charge is 0.349 e. The van der Waals surface area contributed by atoms with E-state index in [4.69, 9.17) is 0 Å². The molecule has 0 saturated heterocycles. The summed E-state index contributed by atoms with van der Waals surface area (Å²) in [5.74, 6) is 0.110. The molecular formula is C19H22FN3O. The van der Waals surface area contributed by atoms with Gasteiger partial charge < -0.3 is 5.32 Å². The third kappa shape index (κ3) is 2.83. The zero-order chi connectivity index (χ0) is 16.9. The highest BCUT2D eigenvalue weighted by atomic mass is 19.1. The Labute approximate surface area is 141 Å². The Morgan fingerprint density at radius 3 is 2.67 bits per heavy atom. The number of carbonyl (C=O) groups is 1. The minimum absolute atomic E-state index is 0.00560. The molecular weight excluding hydrogens is 305 g/mol. The van der Waals surface area contributed by atoms with Gasteiger partial charge in [-0.3, -0.25) is 4.79 Å². The van der Waals surface area contributed by atoms with Crippen molar-refractivity contribution < 1.29 is 9.18 Å². The predicted molar refractivity (Wildman–Crippen MR) is 89.2 cm³/mol. The fourth-order valence-corrected chi connectivity index (χ4v) is 3.61. The molecule has 2 aliphatic carbocycles. The van der Waals surface area contributed by atoms with E-state index in [0.717, 1.165) is 42.6 Å². The molecule has 1 fully saturated rings. The molecule has 0 aliphatic heterocycles. The lowest BCUT2D eigenvalue weighted by Gasteiger charge is -2.36. The lowest BCUT2D eigenvalue weighted by atomic mass is 9.74. The van der Waals surface area contributed by atoms with E-state index < -0.39 is 0 Å². The van der Waals surface area contributed by atoms with E-state index in [9.17, 15) is 9.18 Å². The van der Waals surface area contributed by atoms with Crippen molar-refractivity contribution in [2.24, 2.45) is 11.3 Å². The van der Waals surface area contributed by atoms with Gasteiger partial charge in [0.05, 0.1) is 23.6 Å². The van der Waals surface area contributed by atoms with Crippen LogP contribution < -0.4 is 5.32 Å². The molecule has 1 amide bonds. The number of carbonyl (C=O) groups excluding carboxylic acids is 1. The molecule has 2 aliphatic rings. The molecule has 0 radical (unpaired) electrons. The van der Waals surface area contributed by atoms with Crippen LogP contribution in [0.1, 0.15) is 50.4 Å². The van der Waals surface area contributed by atoms with Gasteiger partial charge in [0.15, 0.2) is 0 Å². The Hall–Kier alpha value is -2.17. The highest BCUT2D eigenvalue weighted by Gasteiger charge is 2.38. The number of aromatic nitrogens is 2. The number of hydrogen-bond acceptors (Lipinski definition) is 2. The monoisotopic (exact) mass is 327 g/mol. The lowest BCUT2D eigenvalue weighted by Crippen LogP contribution is -2.37. The van der Waals surface area contributed by atoms with Crippen molar-refractivity contribution in [2.45, 2.75) is 45.6 Å². The molecule has 1 N–H and O–H groups in total. The van der Waals surface area contributed by atoms with Crippen LogP contribution in [-0.4, -0.2) is 15.7 Å². The Morgan fingerprint density at radius 2 is 2.00 bits per heavy atom. The van der Waals surface area contributed by atoms with Gasteiger partial charge >= 0.3 is 0 Å². The van der Waals surface area contributed by atoms with Crippen LogP contribution in [0.25, 0.3) is 5.69 Å². The van der Waals surface area contributed by atoms with Crippen LogP contribution in [0.4, 0.5) is 4.39 Å². The molecule has 0 unspecified atom stereocenters. The van der Waals surface area contributed by atoms with E-state index in [1.54, 1.807) is 12.1 Å². The van der Waals surface area contributed by atoms with Crippen molar-refractivity contribution in [3.05, 3.63) is 47.5 Å². The van der Waals surface area contributed by atoms with E-state index in [-0.39, 0.29) is 29.1 Å². The fraction of sp³-hybridized carbons (Fsp3) is 0.474. The smallest absolute Gasteiger partial charge is 0.223 e. The molecule has 4 nitrogen and oxygen atoms in total. The third-order valence-electron chi connectivity index (χ3n) is 5.02. The first-order valence-corrected chi connectivity index (χ1v) is 8.56. The topological polar surface area (TPSA) is 46.9 Å². The Bertz CT molecular complexity index is 774. The van der Waals surface area contributed by atoms with E-state index >= 15 is 0 Å². The SMILES string of the molecule is CC1(C)Cc2c(cnn2-c2ccc(F)cc2)[C@@H](NC(=O)C2CC2)C1. The minimum Gasteiger partial charge on any atom is -0.349 e. The molecule has 2 aromatic rings. The number of nitrogens with zero attached hydrogens (tertiary/aromatic N) is 2. The summed E-state index contributed by atoms with van der Waals surface area (Å²) in [7, 11) is 0. The molecule has 5 heteroatoms. The summed E-state index contributed by atoms with van der Waals surface area (Å²) in [6, 6.07) is 6.38. The van der Waals surface area contributed by atoms with Gasteiger partial charge in [0.1, 0.15) is 5.82 Å². The second-order valence-corrected chi connectivity index (χ2v) is 7.82. The normalized spacial score (nSPS) is 22.0. The van der Waals surface area contributed by atoms with Gasteiger partial charge in [0, 0.05) is 11.5 Å². The highest BCUT2D eigenvalue weighted by molar-refractivity contribution is 5.81. The van der Waals surface area contributed by atoms with Gasteiger partial charge in [0.2, 0.25) is 5.91 Å². The highest BCUT2D eigenvalue weighted by Crippen LogP contribution is 2.42. The van der Waals surface area contributed by atoms with Crippen molar-refractivity contribution in [3.8, 4) is 5.69 Å². The van der Waals surface area contributed by atoms with Crippen molar-refractivity contribution in [1.29, 1.82) is 0 Å². The lowest BCUT2D eigenvalue weighted by molar-refractivity contribution is -0.123. The maximum atomic E-state index is 13.2. The van der Waals surface area contributed by atoms with Crippen LogP contribution in [0.2, 0.25) is 0 Å². The van der Waals surface area contributed by atoms with Crippen LogP contribution in [-0.2, 0) is 11.2 Å². The summed E-state index contributed by atoms with van der Waals surface area (Å²) in [5, 5.41) is 7.74. The number of rotatable bonds is 3. The zero-order valence-corrected chi connectivity index (χ0v) is 14.1. The second-order valence-electron chi connectivity index (χ2n) is 7.82. The molecule has 1 aromatic heterocycles. The van der Waals surface area contributed by atoms with Crippen LogP contribution >= 0.6 is 0 Å². The summed E-state index contributed by atoms with van der Waals surface area (Å²) in [6.07, 6.45) is 5.65. The third-order valence-corrected chi connectivity index (χ3v) is 5.02. The van der Waals surface area contributed by atoms with Crippen LogP contribution in [0.3, 0.4) is 0 Å². The number of fused-ring (bicyclic) bond motifs is 1. The quantitative estimate of drug-likeness (QED) is 0.937. The first-order valence-electron chi connectivity index (χ1n) is 8.56. The standard InChI is InChI=1S/C19H22FN3O/c1-19(2)9-16(22-18(24)12-3-4-12)15-11-21-23(17(15)10-19)14-7-5-13(20)6-8-14/h5-8,11-12,16H,3-4,9-10H2,1-2H3,(H,22,24)/t16-/m0/s1. The van der Waals surface area contributed by atoms with Crippen LogP contribution in [0.5, 0.6) is 0 Å². The fourth-order valence-electron chi connectivity index (χ4n) is 3.61. The van der Waals surface area contributed by atoms with Crippen molar-refractivity contribution >= 4 is 5.91 Å². The molecule has 1 heterocycles. The Morgan fingerprint density at radius 1 is 1.29 bits per heavy atom.